The molecule has 1 aliphatic carbocycles. The Morgan fingerprint density at radius 2 is 1.91 bits per heavy atom. The van der Waals surface area contributed by atoms with Crippen LogP contribution in [0, 0.1) is 0 Å². The van der Waals surface area contributed by atoms with Crippen LogP contribution < -0.4 is 0 Å². The molecule has 1 aliphatic heterocycles. The van der Waals surface area contributed by atoms with Crippen LogP contribution in [-0.4, -0.2) is 37.9 Å². The molecule has 2 aliphatic rings. The number of amides is 1. The SMILES string of the molecule is O=C(CSc1nnc(C2CC2)n1Cc1ccccc1)N1CCc2sccc2C1c1cccs1. The minimum Gasteiger partial charge on any atom is -0.330 e. The van der Waals surface area contributed by atoms with Crippen molar-refractivity contribution in [2.75, 3.05) is 12.3 Å². The minimum absolute atomic E-state index is 0.0253. The molecule has 33 heavy (non-hydrogen) atoms. The van der Waals surface area contributed by atoms with E-state index in [9.17, 15) is 4.79 Å². The molecule has 3 aromatic heterocycles. The highest BCUT2D eigenvalue weighted by Crippen LogP contribution is 2.41. The number of thioether (sulfide) groups is 1. The first-order valence-electron chi connectivity index (χ1n) is 11.3. The molecule has 4 aromatic rings. The van der Waals surface area contributed by atoms with Crippen molar-refractivity contribution in [1.82, 2.24) is 19.7 Å². The second-order valence-electron chi connectivity index (χ2n) is 8.53. The van der Waals surface area contributed by atoms with Crippen LogP contribution in [0.4, 0.5) is 0 Å². The van der Waals surface area contributed by atoms with E-state index in [1.807, 2.05) is 6.07 Å². The molecule has 4 heterocycles. The van der Waals surface area contributed by atoms with Gasteiger partial charge >= 0.3 is 0 Å². The lowest BCUT2D eigenvalue weighted by atomic mass is 9.98. The number of carbonyl (C=O) groups is 1. The van der Waals surface area contributed by atoms with Crippen LogP contribution in [-0.2, 0) is 17.8 Å². The van der Waals surface area contributed by atoms with Gasteiger partial charge in [-0.2, -0.15) is 0 Å². The van der Waals surface area contributed by atoms with Crippen molar-refractivity contribution in [3.8, 4) is 0 Å². The highest BCUT2D eigenvalue weighted by atomic mass is 32.2. The third kappa shape index (κ3) is 4.27. The number of thiophene rings is 2. The van der Waals surface area contributed by atoms with Crippen LogP contribution >= 0.6 is 34.4 Å². The summed E-state index contributed by atoms with van der Waals surface area (Å²) in [5, 5.41) is 14.1. The fourth-order valence-electron chi connectivity index (χ4n) is 4.51. The van der Waals surface area contributed by atoms with Crippen molar-refractivity contribution in [2.24, 2.45) is 0 Å². The normalized spacial score (nSPS) is 17.8. The Morgan fingerprint density at radius 3 is 2.70 bits per heavy atom. The lowest BCUT2D eigenvalue weighted by Crippen LogP contribution is -2.40. The van der Waals surface area contributed by atoms with E-state index in [1.54, 1.807) is 22.7 Å². The Balaban J connectivity index is 1.22. The molecular formula is C25H24N4OS3. The zero-order chi connectivity index (χ0) is 22.2. The van der Waals surface area contributed by atoms with Crippen LogP contribution in [0.5, 0.6) is 0 Å². The van der Waals surface area contributed by atoms with Gasteiger partial charge in [0.1, 0.15) is 5.82 Å². The highest BCUT2D eigenvalue weighted by Gasteiger charge is 2.34. The molecule has 6 rings (SSSR count). The summed E-state index contributed by atoms with van der Waals surface area (Å²) < 4.78 is 2.22. The predicted molar refractivity (Wildman–Crippen MR) is 134 cm³/mol. The fraction of sp³-hybridized carbons (Fsp3) is 0.320. The van der Waals surface area contributed by atoms with E-state index in [0.29, 0.717) is 11.7 Å². The number of aromatic nitrogens is 3. The van der Waals surface area contributed by atoms with E-state index in [2.05, 4.69) is 72.9 Å². The number of rotatable bonds is 7. The molecule has 0 spiro atoms. The Bertz CT molecular complexity index is 1240. The van der Waals surface area contributed by atoms with Gasteiger partial charge in [-0.3, -0.25) is 4.79 Å². The Hall–Kier alpha value is -2.42. The standard InChI is InChI=1S/C25H24N4OS3/c30-22(28-12-10-20-19(11-14-32-20)23(28)21-7-4-13-31-21)16-33-25-27-26-24(18-8-9-18)29(25)15-17-5-2-1-3-6-17/h1-7,11,13-14,18,23H,8-10,12,15-16H2. The maximum atomic E-state index is 13.5. The summed E-state index contributed by atoms with van der Waals surface area (Å²) in [6.07, 6.45) is 3.28. The summed E-state index contributed by atoms with van der Waals surface area (Å²) in [5.41, 5.74) is 2.52. The third-order valence-corrected chi connectivity index (χ3v) is 9.17. The number of hydrogen-bond acceptors (Lipinski definition) is 6. The largest absolute Gasteiger partial charge is 0.330 e. The average molecular weight is 493 g/mol. The van der Waals surface area contributed by atoms with Gasteiger partial charge in [0.05, 0.1) is 18.3 Å². The van der Waals surface area contributed by atoms with Crippen molar-refractivity contribution in [3.05, 3.63) is 86.0 Å². The number of fused-ring (bicyclic) bond motifs is 1. The summed E-state index contributed by atoms with van der Waals surface area (Å²) in [5.74, 6) is 2.11. The monoisotopic (exact) mass is 492 g/mol. The fourth-order valence-corrected chi connectivity index (χ4v) is 7.10. The number of carbonyl (C=O) groups excluding carboxylic acids is 1. The second kappa shape index (κ2) is 9.08. The van der Waals surface area contributed by atoms with E-state index in [4.69, 9.17) is 0 Å². The van der Waals surface area contributed by atoms with Crippen LogP contribution in [0.1, 0.15) is 51.5 Å². The Morgan fingerprint density at radius 1 is 1.03 bits per heavy atom. The van der Waals surface area contributed by atoms with E-state index >= 15 is 0 Å². The average Bonchev–Trinajstić information content (AvgIpc) is 3.22. The van der Waals surface area contributed by atoms with Gasteiger partial charge in [0.15, 0.2) is 5.16 Å². The molecule has 0 N–H and O–H groups in total. The van der Waals surface area contributed by atoms with Gasteiger partial charge in [0.2, 0.25) is 5.91 Å². The van der Waals surface area contributed by atoms with Gasteiger partial charge < -0.3 is 9.47 Å². The first-order chi connectivity index (χ1) is 16.3. The summed E-state index contributed by atoms with van der Waals surface area (Å²) in [4.78, 5) is 18.2. The minimum atomic E-state index is 0.0253. The van der Waals surface area contributed by atoms with E-state index in [-0.39, 0.29) is 11.9 Å². The van der Waals surface area contributed by atoms with Gasteiger partial charge in [-0.25, -0.2) is 0 Å². The van der Waals surface area contributed by atoms with Crippen molar-refractivity contribution >= 4 is 40.3 Å². The van der Waals surface area contributed by atoms with Crippen LogP contribution in [0.15, 0.2) is 64.4 Å². The zero-order valence-corrected chi connectivity index (χ0v) is 20.5. The summed E-state index contributed by atoms with van der Waals surface area (Å²) >= 11 is 5.05. The van der Waals surface area contributed by atoms with E-state index in [0.717, 1.165) is 30.5 Å². The van der Waals surface area contributed by atoms with E-state index in [1.165, 1.54) is 45.5 Å². The molecule has 1 atom stereocenters. The molecule has 1 amide bonds. The predicted octanol–water partition coefficient (Wildman–Crippen LogP) is 5.59. The number of nitrogens with zero attached hydrogens (tertiary/aromatic N) is 4. The topological polar surface area (TPSA) is 51.0 Å². The number of hydrogen-bond donors (Lipinski definition) is 0. The van der Waals surface area contributed by atoms with Crippen molar-refractivity contribution in [1.29, 1.82) is 0 Å². The van der Waals surface area contributed by atoms with Crippen molar-refractivity contribution in [3.63, 3.8) is 0 Å². The summed E-state index contributed by atoms with van der Waals surface area (Å²) in [6, 6.07) is 16.9. The van der Waals surface area contributed by atoms with Crippen molar-refractivity contribution < 1.29 is 4.79 Å². The van der Waals surface area contributed by atoms with Gasteiger partial charge in [0, 0.05) is 22.2 Å². The third-order valence-electron chi connectivity index (χ3n) is 6.30. The smallest absolute Gasteiger partial charge is 0.233 e. The van der Waals surface area contributed by atoms with Gasteiger partial charge in [0.25, 0.3) is 0 Å². The van der Waals surface area contributed by atoms with Gasteiger partial charge in [-0.1, -0.05) is 48.2 Å². The number of benzene rings is 1. The molecular weight excluding hydrogens is 469 g/mol. The maximum absolute atomic E-state index is 13.5. The van der Waals surface area contributed by atoms with Crippen LogP contribution in [0.25, 0.3) is 0 Å². The molecule has 1 unspecified atom stereocenters. The Labute approximate surface area is 205 Å². The quantitative estimate of drug-likeness (QED) is 0.316. The Kier molecular flexibility index (Phi) is 5.82. The molecule has 0 bridgehead atoms. The molecule has 8 heteroatoms. The molecule has 168 valence electrons. The summed E-state index contributed by atoms with van der Waals surface area (Å²) in [7, 11) is 0. The highest BCUT2D eigenvalue weighted by molar-refractivity contribution is 7.99. The summed E-state index contributed by atoms with van der Waals surface area (Å²) in [6.45, 7) is 1.51. The van der Waals surface area contributed by atoms with Crippen LogP contribution in [0.2, 0.25) is 0 Å². The van der Waals surface area contributed by atoms with Gasteiger partial charge in [-0.15, -0.1) is 32.9 Å². The van der Waals surface area contributed by atoms with Crippen LogP contribution in [0.3, 0.4) is 0 Å². The van der Waals surface area contributed by atoms with Crippen molar-refractivity contribution in [2.45, 2.75) is 42.9 Å². The lowest BCUT2D eigenvalue weighted by Gasteiger charge is -2.35. The molecule has 0 saturated heterocycles. The van der Waals surface area contributed by atoms with E-state index < -0.39 is 0 Å². The molecule has 1 aromatic carbocycles. The van der Waals surface area contributed by atoms with Gasteiger partial charge in [-0.05, 0) is 53.3 Å². The zero-order valence-electron chi connectivity index (χ0n) is 18.1. The second-order valence-corrected chi connectivity index (χ2v) is 11.5. The first-order valence-corrected chi connectivity index (χ1v) is 14.0. The molecule has 1 fully saturated rings. The molecule has 1 saturated carbocycles. The maximum Gasteiger partial charge on any atom is 0.233 e. The lowest BCUT2D eigenvalue weighted by molar-refractivity contribution is -0.130. The first kappa shape index (κ1) is 21.1. The molecule has 5 nitrogen and oxygen atoms in total. The molecule has 0 radical (unpaired) electrons.